The zero-order valence-electron chi connectivity index (χ0n) is 18.3. The van der Waals surface area contributed by atoms with Crippen molar-refractivity contribution in [3.8, 4) is 5.75 Å². The molecule has 2 bridgehead atoms. The predicted molar refractivity (Wildman–Crippen MR) is 120 cm³/mol. The zero-order chi connectivity index (χ0) is 21.5. The molecular weight excluding hydrogens is 390 g/mol. The second-order valence-corrected chi connectivity index (χ2v) is 9.28. The predicted octanol–water partition coefficient (Wildman–Crippen LogP) is 2.82. The van der Waals surface area contributed by atoms with Crippen molar-refractivity contribution in [2.24, 2.45) is 11.8 Å². The van der Waals surface area contributed by atoms with Gasteiger partial charge in [0.25, 0.3) is 0 Å². The smallest absolute Gasteiger partial charge is 0.227 e. The van der Waals surface area contributed by atoms with Gasteiger partial charge in [0.15, 0.2) is 0 Å². The van der Waals surface area contributed by atoms with Gasteiger partial charge in [-0.15, -0.1) is 0 Å². The van der Waals surface area contributed by atoms with Crippen molar-refractivity contribution in [2.45, 2.75) is 51.1 Å². The number of benzene rings is 1. The lowest BCUT2D eigenvalue weighted by atomic mass is 9.71. The molecule has 0 unspecified atom stereocenters. The summed E-state index contributed by atoms with van der Waals surface area (Å²) in [5.41, 5.74) is 8.20. The van der Waals surface area contributed by atoms with Gasteiger partial charge >= 0.3 is 0 Å². The van der Waals surface area contributed by atoms with E-state index in [-0.39, 0.29) is 6.04 Å². The van der Waals surface area contributed by atoms with Gasteiger partial charge in [-0.25, -0.2) is 4.98 Å². The van der Waals surface area contributed by atoms with Gasteiger partial charge in [0, 0.05) is 43.4 Å². The molecule has 7 nitrogen and oxygen atoms in total. The SMILES string of the molecule is COc1cccc(C[C@H]2[C@H]3C[C@H](CN(c4ncc(C)c(N)n4)C3)[C@@H]3CCCC(=O)N32)c1. The number of piperidine rings is 3. The van der Waals surface area contributed by atoms with Crippen LogP contribution < -0.4 is 15.4 Å². The van der Waals surface area contributed by atoms with Gasteiger partial charge in [0.05, 0.1) is 7.11 Å². The fraction of sp³-hybridized carbons (Fsp3) is 0.542. The number of carbonyl (C=O) groups is 1. The van der Waals surface area contributed by atoms with E-state index < -0.39 is 0 Å². The number of anilines is 2. The third-order valence-corrected chi connectivity index (χ3v) is 7.36. The molecule has 2 N–H and O–H groups in total. The molecule has 1 aromatic heterocycles. The average molecular weight is 422 g/mol. The second kappa shape index (κ2) is 8.02. The van der Waals surface area contributed by atoms with Crippen molar-refractivity contribution in [3.63, 3.8) is 0 Å². The monoisotopic (exact) mass is 421 g/mol. The Labute approximate surface area is 183 Å². The molecular formula is C24H31N5O2. The van der Waals surface area contributed by atoms with Crippen molar-refractivity contribution in [1.82, 2.24) is 14.9 Å². The first-order chi connectivity index (χ1) is 15.0. The molecule has 3 aliphatic rings. The maximum absolute atomic E-state index is 13.1. The maximum Gasteiger partial charge on any atom is 0.227 e. The van der Waals surface area contributed by atoms with Gasteiger partial charge in [-0.1, -0.05) is 12.1 Å². The minimum absolute atomic E-state index is 0.187. The Kier molecular flexibility index (Phi) is 5.20. The number of carbonyl (C=O) groups excluding carboxylic acids is 1. The molecule has 3 fully saturated rings. The number of nitrogens with zero attached hydrogens (tertiary/aromatic N) is 4. The fourth-order valence-corrected chi connectivity index (χ4v) is 5.84. The van der Waals surface area contributed by atoms with Crippen LogP contribution in [0.25, 0.3) is 0 Å². The van der Waals surface area contributed by atoms with Crippen LogP contribution in [0.5, 0.6) is 5.75 Å². The summed E-state index contributed by atoms with van der Waals surface area (Å²) in [6.45, 7) is 3.67. The number of fused-ring (bicyclic) bond motifs is 4. The van der Waals surface area contributed by atoms with Crippen LogP contribution in [-0.2, 0) is 11.2 Å². The lowest BCUT2D eigenvalue weighted by molar-refractivity contribution is -0.148. The minimum atomic E-state index is 0.187. The van der Waals surface area contributed by atoms with E-state index in [1.807, 2.05) is 25.3 Å². The Morgan fingerprint density at radius 1 is 1.26 bits per heavy atom. The third kappa shape index (κ3) is 3.70. The first-order valence-electron chi connectivity index (χ1n) is 11.3. The van der Waals surface area contributed by atoms with E-state index in [0.29, 0.717) is 42.0 Å². The van der Waals surface area contributed by atoms with Crippen LogP contribution in [-0.4, -0.2) is 53.1 Å². The molecule has 1 amide bonds. The molecule has 3 saturated heterocycles. The molecule has 0 aliphatic carbocycles. The molecule has 0 radical (unpaired) electrons. The molecule has 7 heteroatoms. The summed E-state index contributed by atoms with van der Waals surface area (Å²) in [7, 11) is 1.70. The summed E-state index contributed by atoms with van der Waals surface area (Å²) < 4.78 is 5.43. The fourth-order valence-electron chi connectivity index (χ4n) is 5.84. The zero-order valence-corrected chi connectivity index (χ0v) is 18.3. The van der Waals surface area contributed by atoms with E-state index in [1.54, 1.807) is 7.11 Å². The Hall–Kier alpha value is -2.83. The van der Waals surface area contributed by atoms with Crippen molar-refractivity contribution < 1.29 is 9.53 Å². The topological polar surface area (TPSA) is 84.6 Å². The summed E-state index contributed by atoms with van der Waals surface area (Å²) in [4.78, 5) is 26.8. The van der Waals surface area contributed by atoms with E-state index in [1.165, 1.54) is 5.56 Å². The molecule has 4 atom stereocenters. The van der Waals surface area contributed by atoms with E-state index in [2.05, 4.69) is 31.9 Å². The highest BCUT2D eigenvalue weighted by Gasteiger charge is 2.49. The molecule has 164 valence electrons. The Morgan fingerprint density at radius 3 is 2.90 bits per heavy atom. The van der Waals surface area contributed by atoms with Crippen LogP contribution >= 0.6 is 0 Å². The van der Waals surface area contributed by atoms with Crippen LogP contribution in [0.3, 0.4) is 0 Å². The number of nitrogens with two attached hydrogens (primary N) is 1. The molecule has 5 rings (SSSR count). The quantitative estimate of drug-likeness (QED) is 0.817. The highest BCUT2D eigenvalue weighted by molar-refractivity contribution is 5.78. The summed E-state index contributed by atoms with van der Waals surface area (Å²) in [6.07, 6.45) is 6.56. The van der Waals surface area contributed by atoms with Crippen molar-refractivity contribution in [1.29, 1.82) is 0 Å². The third-order valence-electron chi connectivity index (χ3n) is 7.36. The van der Waals surface area contributed by atoms with Gasteiger partial charge in [-0.3, -0.25) is 4.79 Å². The van der Waals surface area contributed by atoms with Gasteiger partial charge < -0.3 is 20.3 Å². The first-order valence-corrected chi connectivity index (χ1v) is 11.3. The summed E-state index contributed by atoms with van der Waals surface area (Å²) in [6, 6.07) is 8.73. The van der Waals surface area contributed by atoms with Crippen LogP contribution in [0.2, 0.25) is 0 Å². The molecule has 31 heavy (non-hydrogen) atoms. The Bertz CT molecular complexity index is 980. The first kappa shape index (κ1) is 20.1. The van der Waals surface area contributed by atoms with Crippen LogP contribution in [0.15, 0.2) is 30.5 Å². The number of ether oxygens (including phenoxy) is 1. The summed E-state index contributed by atoms with van der Waals surface area (Å²) in [5, 5.41) is 0. The summed E-state index contributed by atoms with van der Waals surface area (Å²) in [5.74, 6) is 3.28. The molecule has 4 heterocycles. The number of methoxy groups -OCH3 is 1. The number of amides is 1. The normalized spacial score (nSPS) is 27.7. The molecule has 0 spiro atoms. The van der Waals surface area contributed by atoms with E-state index in [0.717, 1.165) is 50.1 Å². The number of hydrogen-bond acceptors (Lipinski definition) is 6. The number of hydrogen-bond donors (Lipinski definition) is 1. The molecule has 3 aliphatic heterocycles. The van der Waals surface area contributed by atoms with Crippen LogP contribution in [0, 0.1) is 18.8 Å². The van der Waals surface area contributed by atoms with E-state index >= 15 is 0 Å². The standard InChI is InChI=1S/C24H31N5O2/c1-15-12-26-24(27-23(15)25)28-13-17-11-18(14-28)21(29-20(17)7-4-8-22(29)30)10-16-5-3-6-19(9-16)31-2/h3,5-6,9,12,17-18,20-21H,4,7-8,10-11,13-14H2,1-2H3,(H2,25,26,27)/t17-,18+,20+,21+/m1/s1. The lowest BCUT2D eigenvalue weighted by Gasteiger charge is -2.56. The average Bonchev–Trinajstić information content (AvgIpc) is 2.78. The largest absolute Gasteiger partial charge is 0.497 e. The van der Waals surface area contributed by atoms with Crippen LogP contribution in [0.1, 0.15) is 36.8 Å². The summed E-state index contributed by atoms with van der Waals surface area (Å²) >= 11 is 0. The number of aryl methyl sites for hydroxylation is 1. The van der Waals surface area contributed by atoms with E-state index in [4.69, 9.17) is 10.5 Å². The molecule has 0 saturated carbocycles. The van der Waals surface area contributed by atoms with Crippen LogP contribution in [0.4, 0.5) is 11.8 Å². The highest BCUT2D eigenvalue weighted by Crippen LogP contribution is 2.43. The lowest BCUT2D eigenvalue weighted by Crippen LogP contribution is -2.65. The number of aromatic nitrogens is 2. The Morgan fingerprint density at radius 2 is 2.10 bits per heavy atom. The van der Waals surface area contributed by atoms with Crippen molar-refractivity contribution in [3.05, 3.63) is 41.6 Å². The van der Waals surface area contributed by atoms with Gasteiger partial charge in [-0.05, 0) is 62.1 Å². The van der Waals surface area contributed by atoms with Crippen molar-refractivity contribution in [2.75, 3.05) is 30.8 Å². The Balaban J connectivity index is 1.46. The minimum Gasteiger partial charge on any atom is -0.497 e. The number of nitrogen functional groups attached to an aromatic ring is 1. The van der Waals surface area contributed by atoms with Crippen molar-refractivity contribution >= 4 is 17.7 Å². The van der Waals surface area contributed by atoms with Gasteiger partial charge in [-0.2, -0.15) is 4.98 Å². The maximum atomic E-state index is 13.1. The van der Waals surface area contributed by atoms with E-state index in [9.17, 15) is 4.79 Å². The molecule has 1 aromatic carbocycles. The highest BCUT2D eigenvalue weighted by atomic mass is 16.5. The van der Waals surface area contributed by atoms with Gasteiger partial charge in [0.1, 0.15) is 11.6 Å². The second-order valence-electron chi connectivity index (χ2n) is 9.28. The number of rotatable bonds is 4. The molecule has 2 aromatic rings. The van der Waals surface area contributed by atoms with Gasteiger partial charge in [0.2, 0.25) is 11.9 Å².